The Kier molecular flexibility index (Phi) is 3.68. The minimum Gasteiger partial charge on any atom is -0.387 e. The maximum atomic E-state index is 10.5. The summed E-state index contributed by atoms with van der Waals surface area (Å²) in [5.74, 6) is 0.461. The summed E-state index contributed by atoms with van der Waals surface area (Å²) < 4.78 is 7.72. The van der Waals surface area contributed by atoms with E-state index in [2.05, 4.69) is 27.2 Å². The second-order valence-electron chi connectivity index (χ2n) is 6.59. The van der Waals surface area contributed by atoms with Crippen molar-refractivity contribution in [3.8, 4) is 0 Å². The average Bonchev–Trinajstić information content (AvgIpc) is 2.99. The lowest BCUT2D eigenvalue weighted by molar-refractivity contribution is -0.0530. The number of rotatable bonds is 5. The van der Waals surface area contributed by atoms with E-state index in [1.54, 1.807) is 4.57 Å². The highest BCUT2D eigenvalue weighted by Gasteiger charge is 2.68. The van der Waals surface area contributed by atoms with Crippen LogP contribution in [0.15, 0.2) is 12.7 Å². The topological polar surface area (TPSA) is 131 Å². The highest BCUT2D eigenvalue weighted by Crippen LogP contribution is 2.57. The second-order valence-corrected chi connectivity index (χ2v) is 6.59. The van der Waals surface area contributed by atoms with Crippen molar-refractivity contribution in [2.45, 2.75) is 43.8 Å². The number of aliphatic hydroxyl groups excluding tert-OH is 2. The molecule has 1 spiro atoms. The van der Waals surface area contributed by atoms with Crippen LogP contribution in [-0.4, -0.2) is 60.6 Å². The van der Waals surface area contributed by atoms with Crippen LogP contribution >= 0.6 is 0 Å². The van der Waals surface area contributed by atoms with E-state index in [1.807, 2.05) is 0 Å². The van der Waals surface area contributed by atoms with E-state index in [0.29, 0.717) is 11.2 Å². The summed E-state index contributed by atoms with van der Waals surface area (Å²) in [6, 6.07) is 0. The molecule has 1 aliphatic carbocycles. The molecule has 0 aromatic carbocycles. The van der Waals surface area contributed by atoms with Gasteiger partial charge in [0, 0.05) is 12.5 Å². The molecule has 130 valence electrons. The lowest BCUT2D eigenvalue weighted by Gasteiger charge is -2.16. The van der Waals surface area contributed by atoms with Crippen LogP contribution in [0.5, 0.6) is 0 Å². The van der Waals surface area contributed by atoms with Crippen molar-refractivity contribution in [1.82, 2.24) is 24.8 Å². The van der Waals surface area contributed by atoms with Crippen molar-refractivity contribution in [3.05, 3.63) is 12.7 Å². The highest BCUT2D eigenvalue weighted by molar-refractivity contribution is 5.81. The number of ether oxygens (including phenoxy) is 1. The molecule has 4 rings (SSSR count). The van der Waals surface area contributed by atoms with Crippen molar-refractivity contribution in [3.63, 3.8) is 0 Å². The van der Waals surface area contributed by atoms with Crippen molar-refractivity contribution in [2.24, 2.45) is 5.92 Å². The maximum absolute atomic E-state index is 10.5. The number of nitrogen functional groups attached to an aromatic ring is 1. The Morgan fingerprint density at radius 3 is 3.04 bits per heavy atom. The Hall–Kier alpha value is -1.81. The van der Waals surface area contributed by atoms with Gasteiger partial charge in [-0.05, 0) is 19.4 Å². The quantitative estimate of drug-likeness (QED) is 0.534. The van der Waals surface area contributed by atoms with E-state index in [4.69, 9.17) is 10.5 Å². The molecular weight excluding hydrogens is 312 g/mol. The van der Waals surface area contributed by atoms with E-state index in [9.17, 15) is 10.2 Å². The van der Waals surface area contributed by atoms with E-state index in [-0.39, 0.29) is 11.7 Å². The van der Waals surface area contributed by atoms with Gasteiger partial charge in [0.15, 0.2) is 17.7 Å². The van der Waals surface area contributed by atoms with Crippen LogP contribution in [-0.2, 0) is 4.74 Å². The number of nitrogens with two attached hydrogens (primary N) is 1. The minimum absolute atomic E-state index is 0.188. The van der Waals surface area contributed by atoms with Gasteiger partial charge in [-0.15, -0.1) is 0 Å². The number of anilines is 1. The molecule has 0 radical (unpaired) electrons. The van der Waals surface area contributed by atoms with Crippen LogP contribution in [0, 0.1) is 5.92 Å². The first-order chi connectivity index (χ1) is 11.6. The summed E-state index contributed by atoms with van der Waals surface area (Å²) in [5.41, 5.74) is 6.05. The van der Waals surface area contributed by atoms with Gasteiger partial charge in [0.05, 0.1) is 6.33 Å². The number of hydrogen-bond acceptors (Lipinski definition) is 8. The van der Waals surface area contributed by atoms with Gasteiger partial charge < -0.3 is 26.0 Å². The monoisotopic (exact) mass is 334 g/mol. The van der Waals surface area contributed by atoms with Crippen LogP contribution in [0.3, 0.4) is 0 Å². The predicted molar refractivity (Wildman–Crippen MR) is 85.9 cm³/mol. The van der Waals surface area contributed by atoms with Gasteiger partial charge in [0.1, 0.15) is 29.7 Å². The van der Waals surface area contributed by atoms with Crippen molar-refractivity contribution < 1.29 is 14.9 Å². The van der Waals surface area contributed by atoms with Gasteiger partial charge in [-0.1, -0.05) is 6.92 Å². The third kappa shape index (κ3) is 2.20. The standard InChI is InChI=1S/C15H22N6O3/c1-2-3-17-5-8-4-15(8)11(23)10(22)14(24-15)21-7-20-9-12(16)18-6-19-13(9)21/h6-8,10-11,14,17,22-23H,2-5H2,1H3,(H2,16,18,19)/t8-,10?,11?,14?,15+/m0/s1. The predicted octanol–water partition coefficient (Wildman–Crippen LogP) is -0.583. The lowest BCUT2D eigenvalue weighted by Crippen LogP contribution is -2.35. The van der Waals surface area contributed by atoms with Crippen molar-refractivity contribution >= 4 is 17.0 Å². The Labute approximate surface area is 138 Å². The van der Waals surface area contributed by atoms with Gasteiger partial charge in [0.2, 0.25) is 0 Å². The molecule has 2 aromatic heterocycles. The first-order valence-corrected chi connectivity index (χ1v) is 8.26. The van der Waals surface area contributed by atoms with Gasteiger partial charge in [-0.2, -0.15) is 0 Å². The average molecular weight is 334 g/mol. The fourth-order valence-electron chi connectivity index (χ4n) is 3.62. The molecule has 3 heterocycles. The highest BCUT2D eigenvalue weighted by atomic mass is 16.6. The van der Waals surface area contributed by atoms with Crippen LogP contribution in [0.2, 0.25) is 0 Å². The molecule has 2 aromatic rings. The Morgan fingerprint density at radius 1 is 1.42 bits per heavy atom. The summed E-state index contributed by atoms with van der Waals surface area (Å²) in [6.45, 7) is 3.80. The smallest absolute Gasteiger partial charge is 0.167 e. The van der Waals surface area contributed by atoms with Crippen molar-refractivity contribution in [2.75, 3.05) is 18.8 Å². The number of hydrogen-bond donors (Lipinski definition) is 4. The van der Waals surface area contributed by atoms with Gasteiger partial charge in [-0.25, -0.2) is 15.0 Å². The third-order valence-corrected chi connectivity index (χ3v) is 5.03. The van der Waals surface area contributed by atoms with Crippen LogP contribution in [0.4, 0.5) is 5.82 Å². The lowest BCUT2D eigenvalue weighted by atomic mass is 10.1. The molecule has 5 atom stereocenters. The first-order valence-electron chi connectivity index (χ1n) is 8.26. The second kappa shape index (κ2) is 5.62. The number of aliphatic hydroxyl groups is 2. The number of nitrogens with one attached hydrogen (secondary N) is 1. The molecule has 0 amide bonds. The molecule has 2 aliphatic rings. The maximum Gasteiger partial charge on any atom is 0.167 e. The zero-order valence-corrected chi connectivity index (χ0v) is 13.5. The molecule has 9 nitrogen and oxygen atoms in total. The molecular formula is C15H22N6O3. The van der Waals surface area contributed by atoms with Gasteiger partial charge in [0.25, 0.3) is 0 Å². The van der Waals surface area contributed by atoms with Gasteiger partial charge in [-0.3, -0.25) is 4.57 Å². The molecule has 9 heteroatoms. The zero-order valence-electron chi connectivity index (χ0n) is 13.5. The largest absolute Gasteiger partial charge is 0.387 e. The molecule has 1 saturated heterocycles. The molecule has 0 bridgehead atoms. The molecule has 2 fully saturated rings. The molecule has 5 N–H and O–H groups in total. The van der Waals surface area contributed by atoms with Crippen LogP contribution in [0.25, 0.3) is 11.2 Å². The Bertz CT molecular complexity index is 752. The Balaban J connectivity index is 1.58. The summed E-state index contributed by atoms with van der Waals surface area (Å²) in [6.07, 6.45) is 1.91. The summed E-state index contributed by atoms with van der Waals surface area (Å²) in [4.78, 5) is 12.3. The third-order valence-electron chi connectivity index (χ3n) is 5.03. The van der Waals surface area contributed by atoms with Gasteiger partial charge >= 0.3 is 0 Å². The summed E-state index contributed by atoms with van der Waals surface area (Å²) in [5, 5.41) is 24.4. The van der Waals surface area contributed by atoms with E-state index >= 15 is 0 Å². The fraction of sp³-hybridized carbons (Fsp3) is 0.667. The van der Waals surface area contributed by atoms with E-state index in [0.717, 1.165) is 25.9 Å². The van der Waals surface area contributed by atoms with Crippen LogP contribution < -0.4 is 11.1 Å². The number of nitrogens with zero attached hydrogens (tertiary/aromatic N) is 4. The molecule has 1 saturated carbocycles. The summed E-state index contributed by atoms with van der Waals surface area (Å²) in [7, 11) is 0. The normalized spacial score (nSPS) is 35.1. The molecule has 24 heavy (non-hydrogen) atoms. The number of imidazole rings is 1. The first kappa shape index (κ1) is 15.7. The minimum atomic E-state index is -1.05. The van der Waals surface area contributed by atoms with Crippen molar-refractivity contribution in [1.29, 1.82) is 0 Å². The number of fused-ring (bicyclic) bond motifs is 1. The Morgan fingerprint density at radius 2 is 2.25 bits per heavy atom. The number of aromatic nitrogens is 4. The zero-order chi connectivity index (χ0) is 16.9. The summed E-state index contributed by atoms with van der Waals surface area (Å²) >= 11 is 0. The molecule has 3 unspecified atom stereocenters. The fourth-order valence-corrected chi connectivity index (χ4v) is 3.62. The van der Waals surface area contributed by atoms with E-state index < -0.39 is 24.0 Å². The van der Waals surface area contributed by atoms with Crippen LogP contribution in [0.1, 0.15) is 26.0 Å². The SMILES string of the molecule is CCCNC[C@@H]1C[C@@]12OC(n1cnc3c(N)ncnc31)C(O)C2O. The molecule has 1 aliphatic heterocycles. The van der Waals surface area contributed by atoms with E-state index in [1.165, 1.54) is 12.7 Å².